The quantitative estimate of drug-likeness (QED) is 0.671. The highest BCUT2D eigenvalue weighted by Gasteiger charge is 2.45. The molecule has 21 heavy (non-hydrogen) atoms. The van der Waals surface area contributed by atoms with Crippen LogP contribution in [0.5, 0.6) is 11.5 Å². The Balaban J connectivity index is 2.06. The summed E-state index contributed by atoms with van der Waals surface area (Å²) in [4.78, 5) is 11.9. The molecule has 0 spiro atoms. The lowest BCUT2D eigenvalue weighted by atomic mass is 9.68. The summed E-state index contributed by atoms with van der Waals surface area (Å²) in [6, 6.07) is 5.42. The Hall–Kier alpha value is -1.97. The first kappa shape index (κ1) is 14.0. The summed E-state index contributed by atoms with van der Waals surface area (Å²) in [5.41, 5.74) is 3.61. The van der Waals surface area contributed by atoms with Crippen LogP contribution in [-0.2, 0) is 9.53 Å². The number of allylic oxidation sites excluding steroid dienone is 2. The lowest BCUT2D eigenvalue weighted by Gasteiger charge is -2.33. The number of carbonyl (C=O) groups excluding carboxylic acids is 1. The van der Waals surface area contributed by atoms with Gasteiger partial charge in [-0.1, -0.05) is 17.2 Å². The van der Waals surface area contributed by atoms with Crippen molar-refractivity contribution in [1.29, 1.82) is 0 Å². The Morgan fingerprint density at radius 2 is 2.10 bits per heavy atom. The third-order valence-corrected chi connectivity index (χ3v) is 4.89. The predicted octanol–water partition coefficient (Wildman–Crippen LogP) is 3.01. The SMILES string of the molecule is COc1cc(C2C(C)=C(C)CC3C(=O)OCC32)ccc1O. The van der Waals surface area contributed by atoms with Crippen LogP contribution in [0.15, 0.2) is 29.3 Å². The lowest BCUT2D eigenvalue weighted by molar-refractivity contribution is -0.141. The molecule has 3 unspecified atom stereocenters. The van der Waals surface area contributed by atoms with Gasteiger partial charge >= 0.3 is 5.97 Å². The highest BCUT2D eigenvalue weighted by atomic mass is 16.5. The summed E-state index contributed by atoms with van der Waals surface area (Å²) in [5.74, 6) is 0.789. The van der Waals surface area contributed by atoms with Gasteiger partial charge in [-0.15, -0.1) is 0 Å². The first-order chi connectivity index (χ1) is 10.0. The van der Waals surface area contributed by atoms with Crippen molar-refractivity contribution in [2.45, 2.75) is 26.2 Å². The van der Waals surface area contributed by atoms with Gasteiger partial charge in [0.15, 0.2) is 11.5 Å². The highest BCUT2D eigenvalue weighted by molar-refractivity contribution is 5.76. The minimum atomic E-state index is -0.0809. The van der Waals surface area contributed by atoms with Gasteiger partial charge in [0.05, 0.1) is 19.6 Å². The molecule has 1 aromatic rings. The van der Waals surface area contributed by atoms with Crippen molar-refractivity contribution >= 4 is 5.97 Å². The second-order valence-electron chi connectivity index (χ2n) is 5.98. The molecule has 0 amide bonds. The van der Waals surface area contributed by atoms with Gasteiger partial charge in [0.1, 0.15) is 0 Å². The fourth-order valence-corrected chi connectivity index (χ4v) is 3.60. The number of rotatable bonds is 2. The Labute approximate surface area is 124 Å². The van der Waals surface area contributed by atoms with E-state index in [9.17, 15) is 9.90 Å². The normalized spacial score (nSPS) is 28.3. The van der Waals surface area contributed by atoms with Crippen molar-refractivity contribution in [3.05, 3.63) is 34.9 Å². The van der Waals surface area contributed by atoms with Crippen LogP contribution in [0.25, 0.3) is 0 Å². The molecule has 1 N–H and O–H groups in total. The molecule has 1 heterocycles. The molecule has 4 heteroatoms. The molecular formula is C17H20O4. The standard InChI is InChI=1S/C17H20O4/c1-9-6-12-13(8-21-17(12)19)16(10(9)2)11-4-5-14(18)15(7-11)20-3/h4-5,7,12-13,16,18H,6,8H2,1-3H3. The summed E-state index contributed by atoms with van der Waals surface area (Å²) in [6.07, 6.45) is 0.793. The first-order valence-electron chi connectivity index (χ1n) is 7.22. The second-order valence-corrected chi connectivity index (χ2v) is 5.98. The molecule has 3 atom stereocenters. The summed E-state index contributed by atoms with van der Waals surface area (Å²) in [7, 11) is 1.54. The molecule has 1 aliphatic heterocycles. The number of aromatic hydroxyl groups is 1. The maximum atomic E-state index is 11.9. The van der Waals surface area contributed by atoms with Gasteiger partial charge in [0.25, 0.3) is 0 Å². The van der Waals surface area contributed by atoms with Crippen molar-refractivity contribution in [1.82, 2.24) is 0 Å². The number of phenolic OH excluding ortho intramolecular Hbond substituents is 1. The van der Waals surface area contributed by atoms with Gasteiger partial charge in [0.2, 0.25) is 0 Å². The molecule has 2 aliphatic rings. The molecular weight excluding hydrogens is 268 g/mol. The van der Waals surface area contributed by atoms with Crippen molar-refractivity contribution in [2.24, 2.45) is 11.8 Å². The topological polar surface area (TPSA) is 55.8 Å². The summed E-state index contributed by atoms with van der Waals surface area (Å²) in [6.45, 7) is 4.68. The van der Waals surface area contributed by atoms with Crippen LogP contribution in [0.3, 0.4) is 0 Å². The summed E-state index contributed by atoms with van der Waals surface area (Å²) < 4.78 is 10.5. The average Bonchev–Trinajstić information content (AvgIpc) is 2.82. The largest absolute Gasteiger partial charge is 0.504 e. The number of fused-ring (bicyclic) bond motifs is 1. The molecule has 1 aliphatic carbocycles. The molecule has 3 rings (SSSR count). The van der Waals surface area contributed by atoms with E-state index in [1.54, 1.807) is 13.2 Å². The predicted molar refractivity (Wildman–Crippen MR) is 78.3 cm³/mol. The zero-order chi connectivity index (χ0) is 15.1. The number of esters is 1. The van der Waals surface area contributed by atoms with Gasteiger partial charge in [-0.3, -0.25) is 4.79 Å². The average molecular weight is 288 g/mol. The van der Waals surface area contributed by atoms with Gasteiger partial charge < -0.3 is 14.6 Å². The number of carbonyl (C=O) groups is 1. The fourth-order valence-electron chi connectivity index (χ4n) is 3.60. The zero-order valence-electron chi connectivity index (χ0n) is 12.6. The fraction of sp³-hybridized carbons (Fsp3) is 0.471. The molecule has 1 saturated heterocycles. The molecule has 0 bridgehead atoms. The van der Waals surface area contributed by atoms with Crippen molar-refractivity contribution in [2.75, 3.05) is 13.7 Å². The number of phenols is 1. The first-order valence-corrected chi connectivity index (χ1v) is 7.22. The van der Waals surface area contributed by atoms with Crippen LogP contribution >= 0.6 is 0 Å². The van der Waals surface area contributed by atoms with E-state index in [1.807, 2.05) is 12.1 Å². The number of benzene rings is 1. The maximum Gasteiger partial charge on any atom is 0.309 e. The number of ether oxygens (including phenoxy) is 2. The monoisotopic (exact) mass is 288 g/mol. The van der Waals surface area contributed by atoms with Gasteiger partial charge in [-0.25, -0.2) is 0 Å². The Kier molecular flexibility index (Phi) is 3.40. The molecule has 4 nitrogen and oxygen atoms in total. The van der Waals surface area contributed by atoms with E-state index >= 15 is 0 Å². The minimum Gasteiger partial charge on any atom is -0.504 e. The van der Waals surface area contributed by atoms with Gasteiger partial charge in [0, 0.05) is 11.8 Å². The zero-order valence-corrected chi connectivity index (χ0v) is 12.6. The van der Waals surface area contributed by atoms with Crippen LogP contribution in [0.2, 0.25) is 0 Å². The van der Waals surface area contributed by atoms with E-state index in [4.69, 9.17) is 9.47 Å². The van der Waals surface area contributed by atoms with Crippen molar-refractivity contribution in [3.63, 3.8) is 0 Å². The van der Waals surface area contributed by atoms with E-state index in [1.165, 1.54) is 11.1 Å². The number of hydrogen-bond acceptors (Lipinski definition) is 4. The van der Waals surface area contributed by atoms with E-state index < -0.39 is 0 Å². The van der Waals surface area contributed by atoms with Crippen LogP contribution in [0.1, 0.15) is 31.7 Å². The molecule has 0 aromatic heterocycles. The molecule has 1 fully saturated rings. The van der Waals surface area contributed by atoms with Crippen molar-refractivity contribution < 1.29 is 19.4 Å². The summed E-state index contributed by atoms with van der Waals surface area (Å²) >= 11 is 0. The van der Waals surface area contributed by atoms with Crippen LogP contribution < -0.4 is 4.74 Å². The van der Waals surface area contributed by atoms with Crippen LogP contribution in [-0.4, -0.2) is 24.8 Å². The van der Waals surface area contributed by atoms with E-state index in [0.717, 1.165) is 12.0 Å². The highest BCUT2D eigenvalue weighted by Crippen LogP contribution is 2.48. The third-order valence-electron chi connectivity index (χ3n) is 4.89. The Bertz CT molecular complexity index is 617. The van der Waals surface area contributed by atoms with Gasteiger partial charge in [-0.05, 0) is 38.0 Å². The lowest BCUT2D eigenvalue weighted by Crippen LogP contribution is -2.28. The van der Waals surface area contributed by atoms with Crippen LogP contribution in [0.4, 0.5) is 0 Å². The minimum absolute atomic E-state index is 0.0431. The van der Waals surface area contributed by atoms with E-state index in [-0.39, 0.29) is 29.5 Å². The van der Waals surface area contributed by atoms with Crippen molar-refractivity contribution in [3.8, 4) is 11.5 Å². The molecule has 1 aromatic carbocycles. The number of methoxy groups -OCH3 is 1. The third kappa shape index (κ3) is 2.19. The molecule has 112 valence electrons. The molecule has 0 radical (unpaired) electrons. The number of cyclic esters (lactones) is 1. The van der Waals surface area contributed by atoms with E-state index in [2.05, 4.69) is 13.8 Å². The smallest absolute Gasteiger partial charge is 0.309 e. The van der Waals surface area contributed by atoms with E-state index in [0.29, 0.717) is 12.4 Å². The second kappa shape index (κ2) is 5.10. The maximum absolute atomic E-state index is 11.9. The molecule has 0 saturated carbocycles. The van der Waals surface area contributed by atoms with Crippen LogP contribution in [0, 0.1) is 11.8 Å². The number of hydrogen-bond donors (Lipinski definition) is 1. The Morgan fingerprint density at radius 1 is 1.33 bits per heavy atom. The summed E-state index contributed by atoms with van der Waals surface area (Å²) in [5, 5.41) is 9.76. The Morgan fingerprint density at radius 3 is 2.81 bits per heavy atom. The van der Waals surface area contributed by atoms with Gasteiger partial charge in [-0.2, -0.15) is 0 Å².